The molecule has 4 rings (SSSR count). The molecule has 0 bridgehead atoms. The van der Waals surface area contributed by atoms with Crippen LogP contribution in [0, 0.1) is 13.8 Å². The Morgan fingerprint density at radius 1 is 1.22 bits per heavy atom. The van der Waals surface area contributed by atoms with Crippen LogP contribution in [0.1, 0.15) is 35.3 Å². The van der Waals surface area contributed by atoms with E-state index in [1.54, 1.807) is 19.5 Å². The predicted octanol–water partition coefficient (Wildman–Crippen LogP) is 5.05. The molecule has 0 aliphatic rings. The van der Waals surface area contributed by atoms with Gasteiger partial charge in [-0.3, -0.25) is 9.48 Å². The molecule has 192 valence electrons. The smallest absolute Gasteiger partial charge is 0.340 e. The van der Waals surface area contributed by atoms with E-state index in [1.165, 1.54) is 6.08 Å². The Kier molecular flexibility index (Phi) is 7.54. The second-order valence-corrected chi connectivity index (χ2v) is 9.06. The van der Waals surface area contributed by atoms with Gasteiger partial charge in [0.1, 0.15) is 5.65 Å². The molecule has 9 nitrogen and oxygen atoms in total. The highest BCUT2D eigenvalue weighted by Crippen LogP contribution is 2.41. The number of benzene rings is 1. The number of hydrogen-bond donors (Lipinski definition) is 2. The van der Waals surface area contributed by atoms with Crippen molar-refractivity contribution in [3.63, 3.8) is 0 Å². The number of amides is 1. The molecule has 37 heavy (non-hydrogen) atoms. The molecule has 0 saturated carbocycles. The first-order chi connectivity index (χ1) is 17.7. The normalized spacial score (nSPS) is 11.2. The van der Waals surface area contributed by atoms with Gasteiger partial charge in [0, 0.05) is 41.7 Å². The molecule has 3 heterocycles. The Balaban J connectivity index is 1.96. The average Bonchev–Trinajstić information content (AvgIpc) is 3.49. The minimum Gasteiger partial charge on any atom is -0.459 e. The molecule has 0 radical (unpaired) electrons. The van der Waals surface area contributed by atoms with Crippen LogP contribution in [0.25, 0.3) is 33.4 Å². The van der Waals surface area contributed by atoms with Gasteiger partial charge in [0.2, 0.25) is 5.91 Å². The molecule has 0 atom stereocenters. The van der Waals surface area contributed by atoms with Crippen LogP contribution in [-0.4, -0.2) is 51.4 Å². The molecule has 2 N–H and O–H groups in total. The Morgan fingerprint density at radius 2 is 2.00 bits per heavy atom. The third kappa shape index (κ3) is 5.31. The number of nitrogens with zero attached hydrogens (tertiary/aromatic N) is 3. The first kappa shape index (κ1) is 25.8. The van der Waals surface area contributed by atoms with E-state index in [0.29, 0.717) is 30.0 Å². The fraction of sp³-hybridized carbons (Fsp3) is 0.286. The van der Waals surface area contributed by atoms with Crippen molar-refractivity contribution in [1.29, 1.82) is 0 Å². The van der Waals surface area contributed by atoms with Crippen molar-refractivity contribution in [2.24, 2.45) is 0 Å². The van der Waals surface area contributed by atoms with E-state index in [2.05, 4.69) is 27.0 Å². The van der Waals surface area contributed by atoms with Gasteiger partial charge in [-0.05, 0) is 56.5 Å². The summed E-state index contributed by atoms with van der Waals surface area (Å²) in [5, 5.41) is 8.14. The number of aryl methyl sites for hydroxylation is 2. The number of hydrogen-bond acceptors (Lipinski definition) is 6. The fourth-order valence-electron chi connectivity index (χ4n) is 4.19. The minimum atomic E-state index is -0.425. The molecule has 0 aliphatic carbocycles. The van der Waals surface area contributed by atoms with E-state index in [9.17, 15) is 9.59 Å². The van der Waals surface area contributed by atoms with Gasteiger partial charge in [0.25, 0.3) is 0 Å². The Labute approximate surface area is 215 Å². The molecule has 1 aromatic carbocycles. The zero-order valence-electron chi connectivity index (χ0n) is 21.7. The van der Waals surface area contributed by atoms with Crippen LogP contribution in [0.3, 0.4) is 0 Å². The number of methoxy groups -OCH3 is 1. The number of carbonyl (C=O) groups is 2. The van der Waals surface area contributed by atoms with Crippen molar-refractivity contribution in [3.05, 3.63) is 66.1 Å². The summed E-state index contributed by atoms with van der Waals surface area (Å²) in [4.78, 5) is 32.9. The van der Waals surface area contributed by atoms with Crippen LogP contribution in [-0.2, 0) is 20.8 Å². The Morgan fingerprint density at radius 3 is 2.70 bits per heavy atom. The van der Waals surface area contributed by atoms with Crippen molar-refractivity contribution in [1.82, 2.24) is 19.7 Å². The number of ether oxygens (including phenoxy) is 2. The lowest BCUT2D eigenvalue weighted by Gasteiger charge is -2.13. The summed E-state index contributed by atoms with van der Waals surface area (Å²) in [5.74, 6) is -0.721. The second-order valence-electron chi connectivity index (χ2n) is 9.06. The summed E-state index contributed by atoms with van der Waals surface area (Å²) >= 11 is 0. The van der Waals surface area contributed by atoms with Gasteiger partial charge in [0.15, 0.2) is 0 Å². The number of pyridine rings is 1. The molecular weight excluding hydrogens is 470 g/mol. The summed E-state index contributed by atoms with van der Waals surface area (Å²) in [5.41, 5.74) is 6.69. The zero-order chi connectivity index (χ0) is 26.7. The number of esters is 1. The standard InChI is InChI=1S/C28H31N5O4/c1-7-23(34)31-22-12-19(9-8-17(22)4)25-24-18(5)21(28(35)37-16(2)3)14-29-27(24)32-26(25)20-13-30-33(15-20)10-11-36-6/h7-9,12-16H,1,10-11H2,2-6H3,(H,29,32)(H,31,34). The number of rotatable bonds is 9. The van der Waals surface area contributed by atoms with Crippen molar-refractivity contribution >= 4 is 28.6 Å². The molecule has 3 aromatic heterocycles. The fourth-order valence-corrected chi connectivity index (χ4v) is 4.19. The van der Waals surface area contributed by atoms with Gasteiger partial charge in [-0.2, -0.15) is 5.10 Å². The average molecular weight is 502 g/mol. The maximum absolute atomic E-state index is 12.8. The number of aromatic nitrogens is 4. The summed E-state index contributed by atoms with van der Waals surface area (Å²) in [6.45, 7) is 12.1. The summed E-state index contributed by atoms with van der Waals surface area (Å²) < 4.78 is 12.5. The van der Waals surface area contributed by atoms with E-state index in [4.69, 9.17) is 9.47 Å². The quantitative estimate of drug-likeness (QED) is 0.245. The third-order valence-electron chi connectivity index (χ3n) is 6.06. The summed E-state index contributed by atoms with van der Waals surface area (Å²) in [6.07, 6.45) is 6.24. The van der Waals surface area contributed by atoms with Gasteiger partial charge in [-0.25, -0.2) is 9.78 Å². The minimum absolute atomic E-state index is 0.255. The van der Waals surface area contributed by atoms with Crippen LogP contribution >= 0.6 is 0 Å². The molecule has 0 spiro atoms. The van der Waals surface area contributed by atoms with E-state index < -0.39 is 5.97 Å². The highest BCUT2D eigenvalue weighted by molar-refractivity contribution is 6.08. The first-order valence-electron chi connectivity index (χ1n) is 12.0. The lowest BCUT2D eigenvalue weighted by molar-refractivity contribution is -0.111. The molecule has 4 aromatic rings. The van der Waals surface area contributed by atoms with Gasteiger partial charge >= 0.3 is 5.97 Å². The summed E-state index contributed by atoms with van der Waals surface area (Å²) in [6, 6.07) is 5.84. The topological polar surface area (TPSA) is 111 Å². The lowest BCUT2D eigenvalue weighted by atomic mass is 9.95. The Hall–Kier alpha value is -4.24. The molecule has 9 heteroatoms. The number of carbonyl (C=O) groups excluding carboxylic acids is 2. The highest BCUT2D eigenvalue weighted by Gasteiger charge is 2.23. The van der Waals surface area contributed by atoms with Crippen molar-refractivity contribution in [2.45, 2.75) is 40.3 Å². The second kappa shape index (κ2) is 10.8. The molecular formula is C28H31N5O4. The van der Waals surface area contributed by atoms with Crippen molar-refractivity contribution in [3.8, 4) is 22.4 Å². The zero-order valence-corrected chi connectivity index (χ0v) is 21.7. The molecule has 0 aliphatic heterocycles. The van der Waals surface area contributed by atoms with Gasteiger partial charge in [-0.1, -0.05) is 18.7 Å². The van der Waals surface area contributed by atoms with Crippen LogP contribution in [0.5, 0.6) is 0 Å². The SMILES string of the molecule is C=CC(=O)Nc1cc(-c2c(-c3cnn(CCOC)c3)[nH]c3ncc(C(=O)OC(C)C)c(C)c23)ccc1C. The molecule has 1 amide bonds. The lowest BCUT2D eigenvalue weighted by Crippen LogP contribution is -2.13. The Bertz CT molecular complexity index is 1480. The largest absolute Gasteiger partial charge is 0.459 e. The van der Waals surface area contributed by atoms with E-state index in [1.807, 2.05) is 56.8 Å². The monoisotopic (exact) mass is 501 g/mol. The van der Waals surface area contributed by atoms with Gasteiger partial charge < -0.3 is 19.8 Å². The van der Waals surface area contributed by atoms with Crippen LogP contribution in [0.4, 0.5) is 5.69 Å². The van der Waals surface area contributed by atoms with E-state index in [-0.39, 0.29) is 12.0 Å². The predicted molar refractivity (Wildman–Crippen MR) is 143 cm³/mol. The maximum Gasteiger partial charge on any atom is 0.340 e. The highest BCUT2D eigenvalue weighted by atomic mass is 16.5. The maximum atomic E-state index is 12.8. The molecule has 0 unspecified atom stereocenters. The number of anilines is 1. The number of nitrogens with one attached hydrogen (secondary N) is 2. The molecule has 0 saturated heterocycles. The van der Waals surface area contributed by atoms with Crippen LogP contribution in [0.15, 0.2) is 49.4 Å². The van der Waals surface area contributed by atoms with Crippen LogP contribution < -0.4 is 5.32 Å². The van der Waals surface area contributed by atoms with Gasteiger partial charge in [-0.15, -0.1) is 0 Å². The number of aromatic amines is 1. The first-order valence-corrected chi connectivity index (χ1v) is 12.0. The van der Waals surface area contributed by atoms with Gasteiger partial charge in [0.05, 0.1) is 36.7 Å². The van der Waals surface area contributed by atoms with Crippen LogP contribution in [0.2, 0.25) is 0 Å². The van der Waals surface area contributed by atoms with E-state index in [0.717, 1.165) is 38.9 Å². The van der Waals surface area contributed by atoms with Crippen molar-refractivity contribution < 1.29 is 19.1 Å². The number of fused-ring (bicyclic) bond motifs is 1. The van der Waals surface area contributed by atoms with E-state index >= 15 is 0 Å². The van der Waals surface area contributed by atoms with Crippen molar-refractivity contribution in [2.75, 3.05) is 19.0 Å². The number of H-pyrrole nitrogens is 1. The summed E-state index contributed by atoms with van der Waals surface area (Å²) in [7, 11) is 1.65. The third-order valence-corrected chi connectivity index (χ3v) is 6.06. The molecule has 0 fully saturated rings.